The smallest absolute Gasteiger partial charge is 0.168 e. The molecule has 6 nitrogen and oxygen atoms in total. The van der Waals surface area contributed by atoms with E-state index in [0.29, 0.717) is 19.1 Å². The van der Waals surface area contributed by atoms with Crippen LogP contribution in [0, 0.1) is 0 Å². The second-order valence-corrected chi connectivity index (χ2v) is 10.5. The Hall–Kier alpha value is -1.61. The number of benzene rings is 2. The summed E-state index contributed by atoms with van der Waals surface area (Å²) in [7, 11) is 0. The van der Waals surface area contributed by atoms with Gasteiger partial charge in [-0.2, -0.15) is 0 Å². The molecule has 1 spiro atoms. The molecule has 1 saturated heterocycles. The molecule has 5 rings (SSSR count). The van der Waals surface area contributed by atoms with Gasteiger partial charge in [0, 0.05) is 5.56 Å². The van der Waals surface area contributed by atoms with Gasteiger partial charge >= 0.3 is 0 Å². The van der Waals surface area contributed by atoms with E-state index in [4.69, 9.17) is 9.47 Å². The maximum atomic E-state index is 10.8. The van der Waals surface area contributed by atoms with E-state index >= 15 is 0 Å². The molecule has 32 heavy (non-hydrogen) atoms. The Morgan fingerprint density at radius 3 is 2.41 bits per heavy atom. The predicted molar refractivity (Wildman–Crippen MR) is 122 cm³/mol. The average Bonchev–Trinajstić information content (AvgIpc) is 3.45. The number of rotatable bonds is 5. The molecule has 1 aliphatic carbocycles. The second-order valence-electron chi connectivity index (χ2n) is 9.06. The number of aliphatic hydroxyl groups excluding tert-OH is 4. The summed E-state index contributed by atoms with van der Waals surface area (Å²) in [6.07, 6.45) is 1.90. The highest BCUT2D eigenvalue weighted by atomic mass is 32.2. The number of fused-ring (bicyclic) bond motifs is 2. The summed E-state index contributed by atoms with van der Waals surface area (Å²) in [5.74, 6) is 0.909. The van der Waals surface area contributed by atoms with Crippen LogP contribution in [0.5, 0.6) is 5.75 Å². The average molecular weight is 459 g/mol. The lowest BCUT2D eigenvalue weighted by atomic mass is 9.91. The Labute approximate surface area is 192 Å². The van der Waals surface area contributed by atoms with Crippen molar-refractivity contribution in [3.63, 3.8) is 0 Å². The van der Waals surface area contributed by atoms with Crippen LogP contribution in [-0.2, 0) is 22.7 Å². The van der Waals surface area contributed by atoms with Gasteiger partial charge in [-0.05, 0) is 60.9 Å². The van der Waals surface area contributed by atoms with E-state index in [2.05, 4.69) is 18.2 Å². The maximum Gasteiger partial charge on any atom is 0.168 e. The Morgan fingerprint density at radius 1 is 0.969 bits per heavy atom. The van der Waals surface area contributed by atoms with Crippen molar-refractivity contribution in [1.82, 2.24) is 0 Å². The van der Waals surface area contributed by atoms with Gasteiger partial charge in [0.1, 0.15) is 18.0 Å². The van der Waals surface area contributed by atoms with Crippen LogP contribution >= 0.6 is 11.8 Å². The lowest BCUT2D eigenvalue weighted by Gasteiger charge is -2.45. The largest absolute Gasteiger partial charge is 0.490 e. The van der Waals surface area contributed by atoms with Gasteiger partial charge in [0.2, 0.25) is 0 Å². The third kappa shape index (κ3) is 3.95. The molecule has 0 radical (unpaired) electrons. The van der Waals surface area contributed by atoms with Crippen molar-refractivity contribution in [1.29, 1.82) is 0 Å². The molecule has 1 saturated carbocycles. The summed E-state index contributed by atoms with van der Waals surface area (Å²) in [4.78, 5) is -1.20. The van der Waals surface area contributed by atoms with Crippen molar-refractivity contribution in [2.45, 2.75) is 73.3 Å². The van der Waals surface area contributed by atoms with Gasteiger partial charge in [-0.3, -0.25) is 0 Å². The van der Waals surface area contributed by atoms with Crippen molar-refractivity contribution >= 4 is 11.8 Å². The summed E-state index contributed by atoms with van der Waals surface area (Å²) >= 11 is 1.19. The van der Waals surface area contributed by atoms with Crippen LogP contribution in [-0.4, -0.2) is 56.7 Å². The van der Waals surface area contributed by atoms with Gasteiger partial charge in [0.05, 0.1) is 30.7 Å². The molecular weight excluding hydrogens is 428 g/mol. The first-order valence-electron chi connectivity index (χ1n) is 11.3. The van der Waals surface area contributed by atoms with Gasteiger partial charge in [-0.25, -0.2) is 0 Å². The quantitative estimate of drug-likeness (QED) is 0.546. The van der Waals surface area contributed by atoms with E-state index in [1.807, 2.05) is 24.3 Å². The first kappa shape index (κ1) is 22.2. The summed E-state index contributed by atoms with van der Waals surface area (Å²) in [6, 6.07) is 14.3. The Morgan fingerprint density at radius 2 is 1.69 bits per heavy atom. The van der Waals surface area contributed by atoms with Gasteiger partial charge in [0.25, 0.3) is 0 Å². The van der Waals surface area contributed by atoms with Crippen LogP contribution in [0.3, 0.4) is 0 Å². The Kier molecular flexibility index (Phi) is 6.22. The van der Waals surface area contributed by atoms with Gasteiger partial charge < -0.3 is 29.9 Å². The maximum absolute atomic E-state index is 10.8. The Bertz CT molecular complexity index is 942. The fraction of sp³-hybridized carbons (Fsp3) is 0.520. The zero-order chi connectivity index (χ0) is 22.3. The molecule has 2 aromatic carbocycles. The third-order valence-electron chi connectivity index (χ3n) is 6.88. The summed E-state index contributed by atoms with van der Waals surface area (Å²) in [6.45, 7) is -0.00113. The molecule has 5 atom stereocenters. The Balaban J connectivity index is 1.36. The highest BCUT2D eigenvalue weighted by molar-refractivity contribution is 8.00. The van der Waals surface area contributed by atoms with Crippen LogP contribution in [0.15, 0.2) is 42.5 Å². The summed E-state index contributed by atoms with van der Waals surface area (Å²) in [5.41, 5.74) is 3.96. The first-order valence-corrected chi connectivity index (χ1v) is 12.2. The topological polar surface area (TPSA) is 99.4 Å². The number of ether oxygens (including phenoxy) is 2. The van der Waals surface area contributed by atoms with E-state index in [9.17, 15) is 20.4 Å². The highest BCUT2D eigenvalue weighted by Crippen LogP contribution is 2.54. The predicted octanol–water partition coefficient (Wildman–Crippen LogP) is 2.47. The molecular formula is C25H30O6S. The molecule has 3 aliphatic rings. The van der Waals surface area contributed by atoms with Crippen molar-refractivity contribution < 1.29 is 29.9 Å². The minimum Gasteiger partial charge on any atom is -0.490 e. The molecule has 4 N–H and O–H groups in total. The molecule has 2 unspecified atom stereocenters. The van der Waals surface area contributed by atoms with E-state index in [-0.39, 0.29) is 6.61 Å². The minimum atomic E-state index is -1.39. The third-order valence-corrected chi connectivity index (χ3v) is 8.54. The minimum absolute atomic E-state index is 0.313. The second kappa shape index (κ2) is 8.97. The zero-order valence-corrected chi connectivity index (χ0v) is 18.7. The molecule has 2 fully saturated rings. The van der Waals surface area contributed by atoms with Crippen molar-refractivity contribution in [2.24, 2.45) is 0 Å². The van der Waals surface area contributed by atoms with Crippen LogP contribution in [0.25, 0.3) is 0 Å². The molecule has 0 bridgehead atoms. The van der Waals surface area contributed by atoms with E-state index in [0.717, 1.165) is 40.8 Å². The number of hydrogen-bond donors (Lipinski definition) is 4. The summed E-state index contributed by atoms with van der Waals surface area (Å²) in [5, 5.41) is 40.5. The number of thioether (sulfide) groups is 1. The van der Waals surface area contributed by atoms with Gasteiger partial charge in [-0.15, -0.1) is 11.8 Å². The standard InChI is InChI=1S/C25H30O6S/c26-13-21-22(27)23(28)24(29)25(32-21)20-12-16(5-8-17(20)14-30-25)11-15-6-9-19(10-7-15)31-18-3-1-2-4-18/h5-10,12,18,21-24,26-29H,1-4,11,13-14H2/t21?,22-,23?,24-,25+/m1/s1. The molecule has 0 amide bonds. The lowest BCUT2D eigenvalue weighted by molar-refractivity contribution is -0.147. The van der Waals surface area contributed by atoms with Crippen molar-refractivity contribution in [3.05, 3.63) is 64.7 Å². The number of aliphatic hydroxyl groups is 4. The van der Waals surface area contributed by atoms with E-state index < -0.39 is 28.5 Å². The fourth-order valence-electron chi connectivity index (χ4n) is 5.05. The highest BCUT2D eigenvalue weighted by Gasteiger charge is 2.57. The van der Waals surface area contributed by atoms with Crippen LogP contribution in [0.2, 0.25) is 0 Å². The number of hydrogen-bond acceptors (Lipinski definition) is 7. The fourth-order valence-corrected chi connectivity index (χ4v) is 6.60. The summed E-state index contributed by atoms with van der Waals surface area (Å²) < 4.78 is 12.1. The molecule has 2 aromatic rings. The molecule has 2 aliphatic heterocycles. The monoisotopic (exact) mass is 458 g/mol. The first-order chi connectivity index (χ1) is 15.5. The van der Waals surface area contributed by atoms with Crippen molar-refractivity contribution in [2.75, 3.05) is 6.61 Å². The van der Waals surface area contributed by atoms with Crippen LogP contribution in [0.1, 0.15) is 47.9 Å². The normalized spacial score (nSPS) is 32.4. The zero-order valence-electron chi connectivity index (χ0n) is 17.9. The lowest BCUT2D eigenvalue weighted by Crippen LogP contribution is -2.58. The van der Waals surface area contributed by atoms with Gasteiger partial charge in [0.15, 0.2) is 4.93 Å². The molecule has 172 valence electrons. The molecule has 7 heteroatoms. The van der Waals surface area contributed by atoms with Crippen LogP contribution in [0.4, 0.5) is 0 Å². The SMILES string of the molecule is OCC1S[C@]2(OCc3ccc(Cc4ccc(OC5CCCC5)cc4)cc32)[C@H](O)C(O)[C@@H]1O. The van der Waals surface area contributed by atoms with E-state index in [1.54, 1.807) is 0 Å². The van der Waals surface area contributed by atoms with E-state index in [1.165, 1.54) is 24.6 Å². The molecule has 2 heterocycles. The molecule has 0 aromatic heterocycles. The van der Waals surface area contributed by atoms with Crippen LogP contribution < -0.4 is 4.74 Å². The van der Waals surface area contributed by atoms with Crippen molar-refractivity contribution in [3.8, 4) is 5.75 Å². The van der Waals surface area contributed by atoms with Gasteiger partial charge in [-0.1, -0.05) is 30.3 Å².